The Labute approximate surface area is 378 Å². The van der Waals surface area contributed by atoms with Gasteiger partial charge in [-0.25, -0.2) is 0 Å². The summed E-state index contributed by atoms with van der Waals surface area (Å²) in [5, 5.41) is 17.8. The molecule has 0 saturated carbocycles. The summed E-state index contributed by atoms with van der Waals surface area (Å²) in [6, 6.07) is 83.7. The van der Waals surface area contributed by atoms with Gasteiger partial charge in [0, 0.05) is 16.8 Å². The quantitative estimate of drug-likeness (QED) is 0.119. The van der Waals surface area contributed by atoms with Crippen LogP contribution >= 0.6 is 0 Å². The number of hydrogen-bond donors (Lipinski definition) is 0. The van der Waals surface area contributed by atoms with Crippen molar-refractivity contribution < 1.29 is 0 Å². The highest BCUT2D eigenvalue weighted by Gasteiger charge is 2.24. The maximum atomic E-state index is 2.51. The van der Waals surface area contributed by atoms with Gasteiger partial charge in [0.25, 0.3) is 0 Å². The SMILES string of the molecule is Cc1cc(C)cc(N(c2ccc3c(c2)c2ccccc2c2c(-c4ccccc4)cc(-c4ccccc4)c(-c4ccccc4)c32)c2ccc3c4cccc5cccc(c6cccc2c63)c54)c1. The van der Waals surface area contributed by atoms with E-state index in [-0.39, 0.29) is 0 Å². The van der Waals surface area contributed by atoms with Crippen molar-refractivity contribution in [3.8, 4) is 33.4 Å². The Morgan fingerprint density at radius 3 is 1.45 bits per heavy atom. The molecule has 1 heteroatoms. The summed E-state index contributed by atoms with van der Waals surface area (Å²) in [4.78, 5) is 2.51. The Balaban J connectivity index is 1.17. The van der Waals surface area contributed by atoms with E-state index in [1.54, 1.807) is 0 Å². The highest BCUT2D eigenvalue weighted by atomic mass is 15.1. The van der Waals surface area contributed by atoms with Crippen LogP contribution in [0.3, 0.4) is 0 Å². The van der Waals surface area contributed by atoms with Gasteiger partial charge in [-0.3, -0.25) is 0 Å². The number of rotatable bonds is 6. The van der Waals surface area contributed by atoms with Gasteiger partial charge in [0.15, 0.2) is 0 Å². The first kappa shape index (κ1) is 37.3. The lowest BCUT2D eigenvalue weighted by molar-refractivity contribution is 1.27. The van der Waals surface area contributed by atoms with Crippen LogP contribution in [0.4, 0.5) is 17.1 Å². The van der Waals surface area contributed by atoms with Gasteiger partial charge in [0.2, 0.25) is 0 Å². The fourth-order valence-corrected chi connectivity index (χ4v) is 11.2. The predicted molar refractivity (Wildman–Crippen MR) is 281 cm³/mol. The number of aryl methyl sites for hydroxylation is 2. The molecule has 0 amide bonds. The van der Waals surface area contributed by atoms with E-state index >= 15 is 0 Å². The van der Waals surface area contributed by atoms with Crippen LogP contribution in [-0.2, 0) is 0 Å². The highest BCUT2D eigenvalue weighted by Crippen LogP contribution is 2.51. The molecule has 0 N–H and O–H groups in total. The maximum absolute atomic E-state index is 2.51. The third-order valence-corrected chi connectivity index (χ3v) is 13.8. The van der Waals surface area contributed by atoms with Crippen LogP contribution in [0.2, 0.25) is 0 Å². The zero-order valence-corrected chi connectivity index (χ0v) is 36.3. The molecule has 0 fully saturated rings. The average molecular weight is 826 g/mol. The first-order chi connectivity index (χ1) is 32.1. The van der Waals surface area contributed by atoms with Crippen LogP contribution in [0.5, 0.6) is 0 Å². The summed E-state index contributed by atoms with van der Waals surface area (Å²) in [5.74, 6) is 0. The van der Waals surface area contributed by atoms with Gasteiger partial charge in [0.1, 0.15) is 0 Å². The molecular formula is C64H43N. The Kier molecular flexibility index (Phi) is 8.41. The summed E-state index contributed by atoms with van der Waals surface area (Å²) in [7, 11) is 0. The van der Waals surface area contributed by atoms with Crippen molar-refractivity contribution in [3.63, 3.8) is 0 Å². The summed E-state index contributed by atoms with van der Waals surface area (Å²) in [5.41, 5.74) is 13.2. The van der Waals surface area contributed by atoms with Crippen molar-refractivity contribution >= 4 is 92.5 Å². The van der Waals surface area contributed by atoms with Crippen LogP contribution < -0.4 is 4.90 Å². The molecule has 13 aromatic carbocycles. The number of hydrogen-bond acceptors (Lipinski definition) is 1. The summed E-state index contributed by atoms with van der Waals surface area (Å²) >= 11 is 0. The largest absolute Gasteiger partial charge is 0.310 e. The molecule has 0 spiro atoms. The van der Waals surface area contributed by atoms with Crippen molar-refractivity contribution in [1.82, 2.24) is 0 Å². The van der Waals surface area contributed by atoms with E-state index in [1.165, 1.54) is 120 Å². The fourth-order valence-electron chi connectivity index (χ4n) is 11.2. The predicted octanol–water partition coefficient (Wildman–Crippen LogP) is 18.3. The molecule has 0 aliphatic heterocycles. The molecule has 304 valence electrons. The Bertz CT molecular complexity index is 3930. The van der Waals surface area contributed by atoms with Gasteiger partial charge in [-0.05, 0) is 165 Å². The van der Waals surface area contributed by atoms with Gasteiger partial charge in [-0.2, -0.15) is 0 Å². The first-order valence-electron chi connectivity index (χ1n) is 22.7. The molecule has 13 aromatic rings. The van der Waals surface area contributed by atoms with Crippen molar-refractivity contribution in [2.75, 3.05) is 4.90 Å². The van der Waals surface area contributed by atoms with Crippen LogP contribution in [0.1, 0.15) is 11.1 Å². The van der Waals surface area contributed by atoms with Crippen LogP contribution in [-0.4, -0.2) is 0 Å². The Hall–Kier alpha value is -8.26. The molecule has 0 saturated heterocycles. The Morgan fingerprint density at radius 2 is 0.769 bits per heavy atom. The third kappa shape index (κ3) is 5.79. The molecule has 65 heavy (non-hydrogen) atoms. The lowest BCUT2D eigenvalue weighted by Crippen LogP contribution is -2.11. The average Bonchev–Trinajstić information content (AvgIpc) is 3.36. The molecule has 0 bridgehead atoms. The smallest absolute Gasteiger partial charge is 0.0540 e. The fraction of sp³-hybridized carbons (Fsp3) is 0.0312. The molecule has 0 radical (unpaired) electrons. The number of fused-ring (bicyclic) bond motifs is 8. The van der Waals surface area contributed by atoms with Crippen LogP contribution in [0.25, 0.3) is 109 Å². The number of anilines is 3. The standard InChI is InChI=1S/C64H43N/c1-40-35-41(2)37-47(36-40)65(59-34-33-53-51-28-15-24-44-23-14-27-50(60(44)51)52-29-16-30-55(59)62(52)53)46-31-32-54-58(38-46)48-25-12-13-26-49(48)63-57(43-19-8-4-9-20-43)39-56(42-17-6-3-7-18-42)61(64(54)63)45-21-10-5-11-22-45/h3-39H,1-2H3. The summed E-state index contributed by atoms with van der Waals surface area (Å²) in [6.07, 6.45) is 0. The molecular weight excluding hydrogens is 783 g/mol. The highest BCUT2D eigenvalue weighted by molar-refractivity contribution is 6.35. The topological polar surface area (TPSA) is 3.24 Å². The number of nitrogens with zero attached hydrogens (tertiary/aromatic N) is 1. The van der Waals surface area contributed by atoms with Gasteiger partial charge in [0.05, 0.1) is 5.69 Å². The second-order valence-electron chi connectivity index (χ2n) is 17.7. The van der Waals surface area contributed by atoms with E-state index in [2.05, 4.69) is 243 Å². The van der Waals surface area contributed by atoms with E-state index in [4.69, 9.17) is 0 Å². The van der Waals surface area contributed by atoms with E-state index in [1.807, 2.05) is 0 Å². The zero-order chi connectivity index (χ0) is 43.2. The minimum atomic E-state index is 1.12. The minimum absolute atomic E-state index is 1.12. The van der Waals surface area contributed by atoms with Crippen LogP contribution in [0, 0.1) is 13.8 Å². The van der Waals surface area contributed by atoms with Gasteiger partial charge in [-0.15, -0.1) is 0 Å². The Morgan fingerprint density at radius 1 is 0.277 bits per heavy atom. The molecule has 0 aromatic heterocycles. The summed E-state index contributed by atoms with van der Waals surface area (Å²) in [6.45, 7) is 4.42. The molecule has 13 rings (SSSR count). The second-order valence-corrected chi connectivity index (χ2v) is 17.7. The van der Waals surface area contributed by atoms with E-state index in [0.717, 1.165) is 17.1 Å². The van der Waals surface area contributed by atoms with E-state index in [0.29, 0.717) is 0 Å². The third-order valence-electron chi connectivity index (χ3n) is 13.8. The normalized spacial score (nSPS) is 11.8. The van der Waals surface area contributed by atoms with Crippen molar-refractivity contribution in [2.45, 2.75) is 13.8 Å². The second kappa shape index (κ2) is 14.7. The van der Waals surface area contributed by atoms with Crippen molar-refractivity contribution in [1.29, 1.82) is 0 Å². The molecule has 1 nitrogen and oxygen atoms in total. The van der Waals surface area contributed by atoms with Gasteiger partial charge < -0.3 is 4.90 Å². The summed E-state index contributed by atoms with van der Waals surface area (Å²) < 4.78 is 0. The minimum Gasteiger partial charge on any atom is -0.310 e. The van der Waals surface area contributed by atoms with Gasteiger partial charge in [-0.1, -0.05) is 188 Å². The zero-order valence-electron chi connectivity index (χ0n) is 36.3. The lowest BCUT2D eigenvalue weighted by Gasteiger charge is -2.29. The lowest BCUT2D eigenvalue weighted by atomic mass is 9.81. The maximum Gasteiger partial charge on any atom is 0.0540 e. The molecule has 0 heterocycles. The molecule has 0 atom stereocenters. The molecule has 0 unspecified atom stereocenters. The van der Waals surface area contributed by atoms with Crippen molar-refractivity contribution in [2.24, 2.45) is 0 Å². The van der Waals surface area contributed by atoms with Gasteiger partial charge >= 0.3 is 0 Å². The number of benzene rings is 13. The van der Waals surface area contributed by atoms with E-state index < -0.39 is 0 Å². The molecule has 0 aliphatic rings. The molecule has 0 aliphatic carbocycles. The van der Waals surface area contributed by atoms with E-state index in [9.17, 15) is 0 Å². The monoisotopic (exact) mass is 825 g/mol. The first-order valence-corrected chi connectivity index (χ1v) is 22.7. The van der Waals surface area contributed by atoms with Crippen LogP contribution in [0.15, 0.2) is 224 Å². The van der Waals surface area contributed by atoms with Crippen molar-refractivity contribution in [3.05, 3.63) is 236 Å².